The number of fused-ring (bicyclic) bond motifs is 2. The lowest BCUT2D eigenvalue weighted by Crippen LogP contribution is -2.20. The average Bonchev–Trinajstić information content (AvgIpc) is 2.61. The van der Waals surface area contributed by atoms with E-state index in [-0.39, 0.29) is 5.78 Å². The number of hydrogen-bond acceptors (Lipinski definition) is 6. The number of rotatable bonds is 3. The molecule has 0 spiro atoms. The molecule has 26 heavy (non-hydrogen) atoms. The van der Waals surface area contributed by atoms with Crippen molar-refractivity contribution in [3.05, 3.63) is 46.9 Å². The van der Waals surface area contributed by atoms with Gasteiger partial charge in [-0.15, -0.1) is 0 Å². The molecule has 0 aliphatic heterocycles. The van der Waals surface area contributed by atoms with Gasteiger partial charge in [0.1, 0.15) is 0 Å². The van der Waals surface area contributed by atoms with Crippen LogP contribution in [0.15, 0.2) is 24.4 Å². The second-order valence-corrected chi connectivity index (χ2v) is 6.95. The third kappa shape index (κ3) is 3.03. The number of carbonyl (C=O) groups excluding carboxylic acids is 1. The van der Waals surface area contributed by atoms with Crippen molar-refractivity contribution in [2.75, 3.05) is 5.32 Å². The topological polar surface area (TPSA) is 80.7 Å². The highest BCUT2D eigenvalue weighted by Crippen LogP contribution is 2.25. The maximum Gasteiger partial charge on any atom is 0.230 e. The number of hydrogen-bond donors (Lipinski definition) is 1. The molecule has 132 valence electrons. The number of carbonyl (C=O) groups is 1. The second-order valence-electron chi connectivity index (χ2n) is 6.95. The van der Waals surface area contributed by atoms with E-state index in [2.05, 4.69) is 51.2 Å². The van der Waals surface area contributed by atoms with E-state index >= 15 is 0 Å². The summed E-state index contributed by atoms with van der Waals surface area (Å²) in [4.78, 5) is 30.0. The summed E-state index contributed by atoms with van der Waals surface area (Å²) in [5, 5.41) is 4.15. The Morgan fingerprint density at radius 3 is 2.81 bits per heavy atom. The third-order valence-electron chi connectivity index (χ3n) is 4.83. The Balaban J connectivity index is 1.67. The van der Waals surface area contributed by atoms with Crippen molar-refractivity contribution >= 4 is 28.6 Å². The molecule has 2 heterocycles. The molecule has 1 N–H and O–H groups in total. The van der Waals surface area contributed by atoms with Crippen LogP contribution in [0, 0.1) is 12.8 Å². The standard InChI is InChI=1S/C20H21N5O/c1-4-13-5-6-16-14(9-13)12(3)22-20(23-16)25-19-21-10-15-17(24-19)7-11(2)8-18(15)26/h5-6,9-11H,4,7-8H2,1-3H3,(H,21,22,23,24,25). The van der Waals surface area contributed by atoms with Gasteiger partial charge in [0.2, 0.25) is 11.9 Å². The minimum absolute atomic E-state index is 0.120. The Kier molecular flexibility index (Phi) is 4.11. The molecule has 1 aliphatic rings. The Labute approximate surface area is 152 Å². The monoisotopic (exact) mass is 347 g/mol. The Hall–Kier alpha value is -2.89. The minimum atomic E-state index is 0.120. The van der Waals surface area contributed by atoms with E-state index in [4.69, 9.17) is 0 Å². The van der Waals surface area contributed by atoms with Crippen LogP contribution in [-0.2, 0) is 12.8 Å². The van der Waals surface area contributed by atoms with Crippen LogP contribution < -0.4 is 5.32 Å². The van der Waals surface area contributed by atoms with Gasteiger partial charge in [0.15, 0.2) is 5.78 Å². The van der Waals surface area contributed by atoms with Gasteiger partial charge in [-0.25, -0.2) is 19.9 Å². The first-order valence-corrected chi connectivity index (χ1v) is 8.97. The molecule has 3 aromatic rings. The number of nitrogens with one attached hydrogen (secondary N) is 1. The summed E-state index contributed by atoms with van der Waals surface area (Å²) in [6.45, 7) is 6.17. The highest BCUT2D eigenvalue weighted by molar-refractivity contribution is 5.98. The predicted octanol–water partition coefficient (Wildman–Crippen LogP) is 3.80. The summed E-state index contributed by atoms with van der Waals surface area (Å²) in [6, 6.07) is 6.24. The summed E-state index contributed by atoms with van der Waals surface area (Å²) in [5.74, 6) is 1.32. The highest BCUT2D eigenvalue weighted by Gasteiger charge is 2.24. The molecule has 2 aromatic heterocycles. The lowest BCUT2D eigenvalue weighted by atomic mass is 9.88. The fraction of sp³-hybridized carbons (Fsp3) is 0.350. The number of Topliss-reactive ketones (excluding diaryl/α,β-unsaturated/α-hetero) is 1. The predicted molar refractivity (Wildman–Crippen MR) is 101 cm³/mol. The smallest absolute Gasteiger partial charge is 0.230 e. The molecular weight excluding hydrogens is 326 g/mol. The van der Waals surface area contributed by atoms with Crippen LogP contribution in [0.5, 0.6) is 0 Å². The number of benzene rings is 1. The van der Waals surface area contributed by atoms with E-state index in [1.54, 1.807) is 6.20 Å². The summed E-state index contributed by atoms with van der Waals surface area (Å²) in [7, 11) is 0. The van der Waals surface area contributed by atoms with Gasteiger partial charge in [-0.3, -0.25) is 10.1 Å². The second kappa shape index (κ2) is 6.44. The SMILES string of the molecule is CCc1ccc2nc(Nc3ncc4c(n3)CC(C)CC4=O)nc(C)c2c1. The van der Waals surface area contributed by atoms with Crippen molar-refractivity contribution in [1.29, 1.82) is 0 Å². The Morgan fingerprint density at radius 1 is 1.15 bits per heavy atom. The number of anilines is 2. The molecule has 1 aliphatic carbocycles. The molecule has 0 radical (unpaired) electrons. The van der Waals surface area contributed by atoms with Gasteiger partial charge in [0.25, 0.3) is 0 Å². The van der Waals surface area contributed by atoms with Crippen LogP contribution in [0.25, 0.3) is 10.9 Å². The number of nitrogens with zero attached hydrogens (tertiary/aromatic N) is 4. The molecule has 0 amide bonds. The molecule has 0 saturated carbocycles. The van der Waals surface area contributed by atoms with Crippen LogP contribution in [0.1, 0.15) is 47.6 Å². The molecule has 1 unspecified atom stereocenters. The van der Waals surface area contributed by atoms with Crippen LogP contribution >= 0.6 is 0 Å². The largest absolute Gasteiger partial charge is 0.294 e. The summed E-state index contributed by atoms with van der Waals surface area (Å²) in [5.41, 5.74) is 4.50. The molecule has 6 heteroatoms. The highest BCUT2D eigenvalue weighted by atomic mass is 16.1. The lowest BCUT2D eigenvalue weighted by Gasteiger charge is -2.19. The molecule has 1 aromatic carbocycles. The molecule has 0 bridgehead atoms. The van der Waals surface area contributed by atoms with Gasteiger partial charge < -0.3 is 0 Å². The lowest BCUT2D eigenvalue weighted by molar-refractivity contribution is 0.0951. The van der Waals surface area contributed by atoms with Crippen LogP contribution in [-0.4, -0.2) is 25.7 Å². The number of aryl methyl sites for hydroxylation is 2. The maximum atomic E-state index is 12.1. The summed E-state index contributed by atoms with van der Waals surface area (Å²) >= 11 is 0. The third-order valence-corrected chi connectivity index (χ3v) is 4.83. The van der Waals surface area contributed by atoms with Crippen LogP contribution in [0.2, 0.25) is 0 Å². The average molecular weight is 347 g/mol. The first-order chi connectivity index (χ1) is 12.5. The maximum absolute atomic E-state index is 12.1. The molecule has 6 nitrogen and oxygen atoms in total. The zero-order valence-electron chi connectivity index (χ0n) is 15.2. The normalized spacial score (nSPS) is 16.6. The van der Waals surface area contributed by atoms with Gasteiger partial charge >= 0.3 is 0 Å². The van der Waals surface area contributed by atoms with Crippen molar-refractivity contribution in [2.24, 2.45) is 5.92 Å². The summed E-state index contributed by atoms with van der Waals surface area (Å²) in [6.07, 6.45) is 3.95. The Bertz CT molecular complexity index is 1010. The van der Waals surface area contributed by atoms with Crippen LogP contribution in [0.4, 0.5) is 11.9 Å². The zero-order chi connectivity index (χ0) is 18.3. The first-order valence-electron chi connectivity index (χ1n) is 8.97. The van der Waals surface area contributed by atoms with Crippen molar-refractivity contribution < 1.29 is 4.79 Å². The fourth-order valence-corrected chi connectivity index (χ4v) is 3.40. The van der Waals surface area contributed by atoms with Gasteiger partial charge in [-0.2, -0.15) is 0 Å². The number of ketones is 1. The molecule has 0 fully saturated rings. The molecule has 0 saturated heterocycles. The molecular formula is C20H21N5O. The van der Waals surface area contributed by atoms with E-state index in [9.17, 15) is 4.79 Å². The van der Waals surface area contributed by atoms with E-state index in [0.717, 1.165) is 35.1 Å². The zero-order valence-corrected chi connectivity index (χ0v) is 15.2. The van der Waals surface area contributed by atoms with E-state index in [1.165, 1.54) is 5.56 Å². The molecule has 4 rings (SSSR count). The first kappa shape index (κ1) is 16.6. The minimum Gasteiger partial charge on any atom is -0.294 e. The number of aromatic nitrogens is 4. The summed E-state index contributed by atoms with van der Waals surface area (Å²) < 4.78 is 0. The Morgan fingerprint density at radius 2 is 2.00 bits per heavy atom. The van der Waals surface area contributed by atoms with Crippen molar-refractivity contribution in [3.63, 3.8) is 0 Å². The van der Waals surface area contributed by atoms with Crippen molar-refractivity contribution in [3.8, 4) is 0 Å². The van der Waals surface area contributed by atoms with E-state index < -0.39 is 0 Å². The van der Waals surface area contributed by atoms with Gasteiger partial charge in [0, 0.05) is 18.0 Å². The fourth-order valence-electron chi connectivity index (χ4n) is 3.40. The quantitative estimate of drug-likeness (QED) is 0.776. The van der Waals surface area contributed by atoms with Gasteiger partial charge in [-0.1, -0.05) is 19.9 Å². The van der Waals surface area contributed by atoms with E-state index in [1.807, 2.05) is 13.0 Å². The molecule has 1 atom stereocenters. The van der Waals surface area contributed by atoms with Crippen molar-refractivity contribution in [2.45, 2.75) is 40.0 Å². The van der Waals surface area contributed by atoms with Crippen molar-refractivity contribution in [1.82, 2.24) is 19.9 Å². The van der Waals surface area contributed by atoms with E-state index in [0.29, 0.717) is 29.8 Å². The van der Waals surface area contributed by atoms with Crippen LogP contribution in [0.3, 0.4) is 0 Å². The van der Waals surface area contributed by atoms with Gasteiger partial charge in [0.05, 0.1) is 22.5 Å². The van der Waals surface area contributed by atoms with Gasteiger partial charge in [-0.05, 0) is 43.4 Å².